The van der Waals surface area contributed by atoms with Crippen LogP contribution in [0.25, 0.3) is 0 Å². The SMILES string of the molecule is C/C=C/CCNC(CN)C1CCCC(C)C1. The van der Waals surface area contributed by atoms with E-state index in [0.717, 1.165) is 31.3 Å². The first kappa shape index (κ1) is 13.7. The molecule has 3 atom stereocenters. The summed E-state index contributed by atoms with van der Waals surface area (Å²) in [5.74, 6) is 1.70. The van der Waals surface area contributed by atoms with Crippen molar-refractivity contribution in [1.29, 1.82) is 0 Å². The first-order chi connectivity index (χ1) is 7.77. The lowest BCUT2D eigenvalue weighted by Crippen LogP contribution is -2.44. The molecule has 0 radical (unpaired) electrons. The fourth-order valence-corrected chi connectivity index (χ4v) is 2.81. The Hall–Kier alpha value is -0.340. The zero-order valence-electron chi connectivity index (χ0n) is 10.9. The van der Waals surface area contributed by atoms with Crippen molar-refractivity contribution in [2.24, 2.45) is 17.6 Å². The molecular formula is C14H28N2. The van der Waals surface area contributed by atoms with Crippen LogP contribution < -0.4 is 11.1 Å². The average Bonchev–Trinajstić information content (AvgIpc) is 2.29. The maximum atomic E-state index is 5.88. The van der Waals surface area contributed by atoms with E-state index in [2.05, 4.69) is 31.3 Å². The molecule has 0 amide bonds. The lowest BCUT2D eigenvalue weighted by molar-refractivity contribution is 0.226. The number of allylic oxidation sites excluding steroid dienone is 1. The van der Waals surface area contributed by atoms with Crippen LogP contribution in [0.5, 0.6) is 0 Å². The number of hydrogen-bond donors (Lipinski definition) is 2. The van der Waals surface area contributed by atoms with E-state index in [4.69, 9.17) is 5.73 Å². The van der Waals surface area contributed by atoms with Crippen LogP contribution in [0.1, 0.15) is 46.0 Å². The summed E-state index contributed by atoms with van der Waals surface area (Å²) in [6.45, 7) is 6.30. The Morgan fingerprint density at radius 2 is 2.25 bits per heavy atom. The average molecular weight is 224 g/mol. The van der Waals surface area contributed by atoms with Gasteiger partial charge in [0, 0.05) is 12.6 Å². The first-order valence-corrected chi connectivity index (χ1v) is 6.82. The molecule has 0 heterocycles. The summed E-state index contributed by atoms with van der Waals surface area (Å²) in [7, 11) is 0. The molecule has 16 heavy (non-hydrogen) atoms. The molecule has 1 saturated carbocycles. The van der Waals surface area contributed by atoms with Gasteiger partial charge in [-0.15, -0.1) is 0 Å². The zero-order chi connectivity index (χ0) is 11.8. The van der Waals surface area contributed by atoms with Gasteiger partial charge in [0.1, 0.15) is 0 Å². The van der Waals surface area contributed by atoms with Crippen molar-refractivity contribution >= 4 is 0 Å². The fourth-order valence-electron chi connectivity index (χ4n) is 2.81. The van der Waals surface area contributed by atoms with E-state index in [1.54, 1.807) is 0 Å². The van der Waals surface area contributed by atoms with Gasteiger partial charge in [-0.05, 0) is 44.6 Å². The van der Waals surface area contributed by atoms with Gasteiger partial charge in [-0.1, -0.05) is 31.9 Å². The van der Waals surface area contributed by atoms with Gasteiger partial charge in [-0.3, -0.25) is 0 Å². The van der Waals surface area contributed by atoms with Gasteiger partial charge in [0.25, 0.3) is 0 Å². The monoisotopic (exact) mass is 224 g/mol. The van der Waals surface area contributed by atoms with E-state index in [1.807, 2.05) is 0 Å². The van der Waals surface area contributed by atoms with E-state index in [1.165, 1.54) is 25.7 Å². The van der Waals surface area contributed by atoms with E-state index in [0.29, 0.717) is 6.04 Å². The highest BCUT2D eigenvalue weighted by Gasteiger charge is 2.25. The van der Waals surface area contributed by atoms with Gasteiger partial charge in [0.05, 0.1) is 0 Å². The third kappa shape index (κ3) is 4.67. The van der Waals surface area contributed by atoms with Crippen LogP contribution in [-0.4, -0.2) is 19.1 Å². The van der Waals surface area contributed by atoms with Crippen molar-refractivity contribution in [3.05, 3.63) is 12.2 Å². The summed E-state index contributed by atoms with van der Waals surface area (Å²) in [5, 5.41) is 3.62. The summed E-state index contributed by atoms with van der Waals surface area (Å²) >= 11 is 0. The smallest absolute Gasteiger partial charge is 0.0218 e. The highest BCUT2D eigenvalue weighted by atomic mass is 14.9. The Balaban J connectivity index is 2.28. The second-order valence-corrected chi connectivity index (χ2v) is 5.19. The Labute approximate surface area is 101 Å². The largest absolute Gasteiger partial charge is 0.329 e. The highest BCUT2D eigenvalue weighted by molar-refractivity contribution is 4.84. The molecule has 0 spiro atoms. The summed E-state index contributed by atoms with van der Waals surface area (Å²) in [6.07, 6.45) is 11.0. The van der Waals surface area contributed by atoms with Gasteiger partial charge < -0.3 is 11.1 Å². The predicted molar refractivity (Wildman–Crippen MR) is 71.4 cm³/mol. The lowest BCUT2D eigenvalue weighted by atomic mass is 9.78. The van der Waals surface area contributed by atoms with Crippen LogP contribution in [-0.2, 0) is 0 Å². The van der Waals surface area contributed by atoms with Crippen LogP contribution in [0.2, 0.25) is 0 Å². The molecular weight excluding hydrogens is 196 g/mol. The maximum absolute atomic E-state index is 5.88. The van der Waals surface area contributed by atoms with Crippen LogP contribution in [0.3, 0.4) is 0 Å². The van der Waals surface area contributed by atoms with E-state index in [9.17, 15) is 0 Å². The first-order valence-electron chi connectivity index (χ1n) is 6.82. The summed E-state index contributed by atoms with van der Waals surface area (Å²) in [6, 6.07) is 0.535. The Bertz CT molecular complexity index is 201. The molecule has 3 unspecified atom stereocenters. The molecule has 1 aliphatic rings. The van der Waals surface area contributed by atoms with Crippen molar-refractivity contribution in [3.63, 3.8) is 0 Å². The van der Waals surface area contributed by atoms with Crippen LogP contribution in [0.15, 0.2) is 12.2 Å². The molecule has 0 aromatic carbocycles. The van der Waals surface area contributed by atoms with E-state index in [-0.39, 0.29) is 0 Å². The molecule has 0 aromatic heterocycles. The number of nitrogens with one attached hydrogen (secondary N) is 1. The summed E-state index contributed by atoms with van der Waals surface area (Å²) < 4.78 is 0. The van der Waals surface area contributed by atoms with Crippen molar-refractivity contribution in [1.82, 2.24) is 5.32 Å². The molecule has 0 aliphatic heterocycles. The van der Waals surface area contributed by atoms with Gasteiger partial charge in [-0.2, -0.15) is 0 Å². The number of rotatable bonds is 6. The third-order valence-electron chi connectivity index (χ3n) is 3.75. The molecule has 3 N–H and O–H groups in total. The van der Waals surface area contributed by atoms with Gasteiger partial charge in [0.15, 0.2) is 0 Å². The van der Waals surface area contributed by atoms with E-state index >= 15 is 0 Å². The Kier molecular flexibility index (Phi) is 6.74. The van der Waals surface area contributed by atoms with Crippen molar-refractivity contribution < 1.29 is 0 Å². The standard InChI is InChI=1S/C14H28N2/c1-3-4-5-9-16-14(11-15)13-8-6-7-12(2)10-13/h3-4,12-14,16H,5-11,15H2,1-2H3/b4-3+. The molecule has 0 bridgehead atoms. The molecule has 0 aromatic rings. The lowest BCUT2D eigenvalue weighted by Gasteiger charge is -2.33. The maximum Gasteiger partial charge on any atom is 0.0218 e. The minimum atomic E-state index is 0.535. The Morgan fingerprint density at radius 1 is 1.44 bits per heavy atom. The fraction of sp³-hybridized carbons (Fsp3) is 0.857. The third-order valence-corrected chi connectivity index (χ3v) is 3.75. The van der Waals surface area contributed by atoms with Crippen LogP contribution in [0, 0.1) is 11.8 Å². The van der Waals surface area contributed by atoms with Gasteiger partial charge >= 0.3 is 0 Å². The highest BCUT2D eigenvalue weighted by Crippen LogP contribution is 2.30. The van der Waals surface area contributed by atoms with Gasteiger partial charge in [0.2, 0.25) is 0 Å². The van der Waals surface area contributed by atoms with E-state index < -0.39 is 0 Å². The minimum Gasteiger partial charge on any atom is -0.329 e. The molecule has 1 rings (SSSR count). The van der Waals surface area contributed by atoms with Gasteiger partial charge in [-0.25, -0.2) is 0 Å². The molecule has 1 aliphatic carbocycles. The van der Waals surface area contributed by atoms with Crippen LogP contribution >= 0.6 is 0 Å². The second-order valence-electron chi connectivity index (χ2n) is 5.19. The normalized spacial score (nSPS) is 28.4. The van der Waals surface area contributed by atoms with Crippen molar-refractivity contribution in [3.8, 4) is 0 Å². The molecule has 2 nitrogen and oxygen atoms in total. The summed E-state index contributed by atoms with van der Waals surface area (Å²) in [4.78, 5) is 0. The zero-order valence-corrected chi connectivity index (χ0v) is 10.9. The minimum absolute atomic E-state index is 0.535. The van der Waals surface area contributed by atoms with Crippen LogP contribution in [0.4, 0.5) is 0 Å². The van der Waals surface area contributed by atoms with Crippen molar-refractivity contribution in [2.45, 2.75) is 52.0 Å². The number of hydrogen-bond acceptors (Lipinski definition) is 2. The predicted octanol–water partition coefficient (Wildman–Crippen LogP) is 2.70. The molecule has 2 heteroatoms. The quantitative estimate of drug-likeness (QED) is 0.538. The molecule has 1 fully saturated rings. The molecule has 0 saturated heterocycles. The number of nitrogens with two attached hydrogens (primary N) is 1. The summed E-state index contributed by atoms with van der Waals surface area (Å²) in [5.41, 5.74) is 5.88. The van der Waals surface area contributed by atoms with Crippen molar-refractivity contribution in [2.75, 3.05) is 13.1 Å². The Morgan fingerprint density at radius 3 is 2.88 bits per heavy atom. The molecule has 94 valence electrons. The topological polar surface area (TPSA) is 38.0 Å². The second kappa shape index (κ2) is 7.86.